The zero-order valence-corrected chi connectivity index (χ0v) is 9.22. The molecule has 0 aromatic heterocycles. The van der Waals surface area contributed by atoms with E-state index in [-0.39, 0.29) is 0 Å². The summed E-state index contributed by atoms with van der Waals surface area (Å²) < 4.78 is 10.5. The van der Waals surface area contributed by atoms with E-state index in [1.807, 2.05) is 12.1 Å². The number of alkyl halides is 1. The van der Waals surface area contributed by atoms with Crippen LogP contribution in [0.3, 0.4) is 0 Å². The van der Waals surface area contributed by atoms with Crippen molar-refractivity contribution in [1.82, 2.24) is 0 Å². The minimum atomic E-state index is 0.515. The molecule has 1 aromatic rings. The summed E-state index contributed by atoms with van der Waals surface area (Å²) in [5.41, 5.74) is 0. The molecule has 0 spiro atoms. The summed E-state index contributed by atoms with van der Waals surface area (Å²) in [6.07, 6.45) is 0. The van der Waals surface area contributed by atoms with E-state index in [0.29, 0.717) is 30.7 Å². The van der Waals surface area contributed by atoms with Gasteiger partial charge in [-0.3, -0.25) is 0 Å². The molecule has 0 aliphatic rings. The van der Waals surface area contributed by atoms with Crippen LogP contribution in [-0.4, -0.2) is 25.7 Å². The van der Waals surface area contributed by atoms with Crippen molar-refractivity contribution in [2.24, 2.45) is 0 Å². The third kappa shape index (κ3) is 4.70. The van der Waals surface area contributed by atoms with Gasteiger partial charge in [-0.2, -0.15) is 0 Å². The molecule has 1 rings (SSSR count). The second kappa shape index (κ2) is 6.93. The molecule has 0 radical (unpaired) electrons. The van der Waals surface area contributed by atoms with Gasteiger partial charge in [0.1, 0.15) is 12.4 Å². The average Bonchev–Trinajstić information content (AvgIpc) is 2.21. The Kier molecular flexibility index (Phi) is 5.76. The minimum Gasteiger partial charge on any atom is -0.491 e. The van der Waals surface area contributed by atoms with Gasteiger partial charge in [0.15, 0.2) is 0 Å². The molecule has 14 heavy (non-hydrogen) atoms. The Morgan fingerprint density at radius 2 is 1.71 bits per heavy atom. The lowest BCUT2D eigenvalue weighted by atomic mass is 10.3. The zero-order valence-electron chi connectivity index (χ0n) is 7.71. The van der Waals surface area contributed by atoms with Crippen molar-refractivity contribution in [2.75, 3.05) is 25.7 Å². The lowest BCUT2D eigenvalue weighted by Crippen LogP contribution is -2.07. The molecular weight excluding hydrogens is 223 g/mol. The average molecular weight is 235 g/mol. The molecule has 0 aliphatic carbocycles. The van der Waals surface area contributed by atoms with Gasteiger partial charge in [0.2, 0.25) is 0 Å². The van der Waals surface area contributed by atoms with Crippen LogP contribution in [0.2, 0.25) is 5.02 Å². The van der Waals surface area contributed by atoms with Gasteiger partial charge < -0.3 is 9.47 Å². The molecule has 1 aromatic carbocycles. The first-order valence-corrected chi connectivity index (χ1v) is 5.26. The maximum Gasteiger partial charge on any atom is 0.119 e. The third-order valence-corrected chi connectivity index (χ3v) is 1.94. The van der Waals surface area contributed by atoms with Gasteiger partial charge >= 0.3 is 0 Å². The molecule has 2 nitrogen and oxygen atoms in total. The molecule has 0 heterocycles. The van der Waals surface area contributed by atoms with Gasteiger partial charge in [0.05, 0.1) is 13.2 Å². The molecule has 78 valence electrons. The standard InChI is InChI=1S/C10H12Cl2O2/c11-5-6-13-7-8-14-10-3-1-9(12)2-4-10/h1-4H,5-8H2. The Bertz CT molecular complexity index is 249. The molecule has 4 heteroatoms. The van der Waals surface area contributed by atoms with Crippen molar-refractivity contribution in [1.29, 1.82) is 0 Å². The zero-order chi connectivity index (χ0) is 10.2. The Morgan fingerprint density at radius 1 is 1.00 bits per heavy atom. The van der Waals surface area contributed by atoms with E-state index in [9.17, 15) is 0 Å². The summed E-state index contributed by atoms with van der Waals surface area (Å²) >= 11 is 11.2. The molecule has 0 amide bonds. The predicted molar refractivity (Wildman–Crippen MR) is 58.5 cm³/mol. The van der Waals surface area contributed by atoms with Crippen molar-refractivity contribution < 1.29 is 9.47 Å². The van der Waals surface area contributed by atoms with E-state index in [1.165, 1.54) is 0 Å². The summed E-state index contributed by atoms with van der Waals surface area (Å²) in [5, 5.41) is 0.704. The normalized spacial score (nSPS) is 10.1. The SMILES string of the molecule is ClCCOCCOc1ccc(Cl)cc1. The van der Waals surface area contributed by atoms with E-state index in [0.717, 1.165) is 5.75 Å². The highest BCUT2D eigenvalue weighted by molar-refractivity contribution is 6.30. The van der Waals surface area contributed by atoms with E-state index in [4.69, 9.17) is 32.7 Å². The Morgan fingerprint density at radius 3 is 2.36 bits per heavy atom. The van der Waals surface area contributed by atoms with Crippen LogP contribution >= 0.6 is 23.2 Å². The summed E-state index contributed by atoms with van der Waals surface area (Å²) in [7, 11) is 0. The van der Waals surface area contributed by atoms with Crippen LogP contribution in [0.1, 0.15) is 0 Å². The van der Waals surface area contributed by atoms with E-state index in [2.05, 4.69) is 0 Å². The van der Waals surface area contributed by atoms with Gasteiger partial charge in [0.25, 0.3) is 0 Å². The topological polar surface area (TPSA) is 18.5 Å². The first-order valence-electron chi connectivity index (χ1n) is 4.35. The van der Waals surface area contributed by atoms with Crippen LogP contribution < -0.4 is 4.74 Å². The summed E-state index contributed by atoms with van der Waals surface area (Å²) in [5.74, 6) is 1.31. The summed E-state index contributed by atoms with van der Waals surface area (Å²) in [4.78, 5) is 0. The van der Waals surface area contributed by atoms with Crippen molar-refractivity contribution in [3.63, 3.8) is 0 Å². The quantitative estimate of drug-likeness (QED) is 0.557. The maximum atomic E-state index is 5.72. The molecular formula is C10H12Cl2O2. The summed E-state index contributed by atoms with van der Waals surface area (Å²) in [6.45, 7) is 1.64. The van der Waals surface area contributed by atoms with Crippen LogP contribution in [-0.2, 0) is 4.74 Å². The van der Waals surface area contributed by atoms with Gasteiger partial charge in [-0.1, -0.05) is 11.6 Å². The van der Waals surface area contributed by atoms with Gasteiger partial charge in [0, 0.05) is 10.9 Å². The smallest absolute Gasteiger partial charge is 0.119 e. The molecule has 0 unspecified atom stereocenters. The second-order valence-electron chi connectivity index (χ2n) is 2.60. The van der Waals surface area contributed by atoms with E-state index >= 15 is 0 Å². The molecule has 0 saturated carbocycles. The van der Waals surface area contributed by atoms with E-state index < -0.39 is 0 Å². The van der Waals surface area contributed by atoms with Crippen molar-refractivity contribution >= 4 is 23.2 Å². The van der Waals surface area contributed by atoms with Gasteiger partial charge in [-0.25, -0.2) is 0 Å². The van der Waals surface area contributed by atoms with Gasteiger partial charge in [-0.15, -0.1) is 11.6 Å². The van der Waals surface area contributed by atoms with E-state index in [1.54, 1.807) is 12.1 Å². The lowest BCUT2D eigenvalue weighted by Gasteiger charge is -2.05. The first kappa shape index (κ1) is 11.6. The van der Waals surface area contributed by atoms with Crippen LogP contribution in [0.15, 0.2) is 24.3 Å². The minimum absolute atomic E-state index is 0.515. The monoisotopic (exact) mass is 234 g/mol. The number of ether oxygens (including phenoxy) is 2. The van der Waals surface area contributed by atoms with Gasteiger partial charge in [-0.05, 0) is 24.3 Å². The van der Waals surface area contributed by atoms with Crippen LogP contribution in [0.25, 0.3) is 0 Å². The maximum absolute atomic E-state index is 5.72. The Labute approximate surface area is 93.7 Å². The van der Waals surface area contributed by atoms with Crippen LogP contribution in [0, 0.1) is 0 Å². The molecule has 0 bridgehead atoms. The first-order chi connectivity index (χ1) is 6.83. The van der Waals surface area contributed by atoms with Crippen LogP contribution in [0.5, 0.6) is 5.75 Å². The molecule has 0 N–H and O–H groups in total. The molecule has 0 aliphatic heterocycles. The highest BCUT2D eigenvalue weighted by Gasteiger charge is 1.93. The number of halogens is 2. The lowest BCUT2D eigenvalue weighted by molar-refractivity contribution is 0.111. The number of rotatable bonds is 6. The van der Waals surface area contributed by atoms with Crippen molar-refractivity contribution in [2.45, 2.75) is 0 Å². The fraction of sp³-hybridized carbons (Fsp3) is 0.400. The Balaban J connectivity index is 2.15. The predicted octanol–water partition coefficient (Wildman–Crippen LogP) is 2.97. The summed E-state index contributed by atoms with van der Waals surface area (Å²) in [6, 6.07) is 7.22. The molecule has 0 saturated heterocycles. The Hall–Kier alpha value is -0.440. The van der Waals surface area contributed by atoms with Crippen molar-refractivity contribution in [3.8, 4) is 5.75 Å². The highest BCUT2D eigenvalue weighted by atomic mass is 35.5. The van der Waals surface area contributed by atoms with Crippen LogP contribution in [0.4, 0.5) is 0 Å². The fourth-order valence-electron chi connectivity index (χ4n) is 0.906. The fourth-order valence-corrected chi connectivity index (χ4v) is 1.14. The number of benzene rings is 1. The van der Waals surface area contributed by atoms with Crippen molar-refractivity contribution in [3.05, 3.63) is 29.3 Å². The second-order valence-corrected chi connectivity index (χ2v) is 3.42. The highest BCUT2D eigenvalue weighted by Crippen LogP contribution is 2.15. The molecule has 0 fully saturated rings. The largest absolute Gasteiger partial charge is 0.491 e. The third-order valence-electron chi connectivity index (χ3n) is 1.53. The number of hydrogen-bond donors (Lipinski definition) is 0. The molecule has 0 atom stereocenters. The number of hydrogen-bond acceptors (Lipinski definition) is 2.